The Morgan fingerprint density at radius 3 is 2.55 bits per heavy atom. The Hall–Kier alpha value is -1.29. The van der Waals surface area contributed by atoms with Gasteiger partial charge in [0.05, 0.1) is 7.11 Å². The molecular formula is C15H21ClFNO2. The van der Waals surface area contributed by atoms with Crippen molar-refractivity contribution < 1.29 is 13.9 Å². The molecule has 1 rings (SSSR count). The van der Waals surface area contributed by atoms with Crippen LogP contribution in [0.15, 0.2) is 18.2 Å². The van der Waals surface area contributed by atoms with Gasteiger partial charge in [-0.15, -0.1) is 11.6 Å². The number of methoxy groups -OCH3 is 1. The van der Waals surface area contributed by atoms with Gasteiger partial charge in [0.25, 0.3) is 5.91 Å². The Bertz CT molecular complexity index is 471. The van der Waals surface area contributed by atoms with Gasteiger partial charge in [0.2, 0.25) is 0 Å². The molecule has 20 heavy (non-hydrogen) atoms. The lowest BCUT2D eigenvalue weighted by Crippen LogP contribution is -2.44. The lowest BCUT2D eigenvalue weighted by molar-refractivity contribution is 0.0900. The van der Waals surface area contributed by atoms with Crippen LogP contribution in [0.4, 0.5) is 4.39 Å². The highest BCUT2D eigenvalue weighted by atomic mass is 35.5. The molecular weight excluding hydrogens is 281 g/mol. The molecule has 0 bridgehead atoms. The van der Waals surface area contributed by atoms with Crippen molar-refractivity contribution in [1.82, 2.24) is 5.32 Å². The van der Waals surface area contributed by atoms with E-state index in [9.17, 15) is 9.18 Å². The highest BCUT2D eigenvalue weighted by Gasteiger charge is 2.26. The number of nitrogens with one attached hydrogen (secondary N) is 1. The van der Waals surface area contributed by atoms with Crippen molar-refractivity contribution in [1.29, 1.82) is 0 Å². The summed E-state index contributed by atoms with van der Waals surface area (Å²) in [7, 11) is 1.38. The van der Waals surface area contributed by atoms with Gasteiger partial charge in [0.15, 0.2) is 11.6 Å². The first kappa shape index (κ1) is 16.8. The molecule has 1 aromatic rings. The molecule has 3 nitrogen and oxygen atoms in total. The van der Waals surface area contributed by atoms with E-state index in [0.29, 0.717) is 12.3 Å². The second-order valence-electron chi connectivity index (χ2n) is 5.72. The number of benzene rings is 1. The number of alkyl halides is 1. The Morgan fingerprint density at radius 2 is 2.10 bits per heavy atom. The standard InChI is InChI=1S/C15H21ClFNO2/c1-15(2,3)13(7-8-16)18-14(19)10-5-6-12(20-4)11(17)9-10/h5-6,9,13H,7-8H2,1-4H3,(H,18,19). The van der Waals surface area contributed by atoms with Gasteiger partial charge in [-0.3, -0.25) is 4.79 Å². The van der Waals surface area contributed by atoms with E-state index in [1.807, 2.05) is 20.8 Å². The summed E-state index contributed by atoms with van der Waals surface area (Å²) < 4.78 is 18.4. The summed E-state index contributed by atoms with van der Waals surface area (Å²) in [6.45, 7) is 6.08. The molecule has 0 saturated carbocycles. The van der Waals surface area contributed by atoms with E-state index < -0.39 is 5.82 Å². The average Bonchev–Trinajstić information content (AvgIpc) is 2.36. The van der Waals surface area contributed by atoms with E-state index in [1.165, 1.54) is 25.3 Å². The minimum absolute atomic E-state index is 0.0716. The van der Waals surface area contributed by atoms with E-state index in [1.54, 1.807) is 0 Å². The third kappa shape index (κ3) is 4.37. The van der Waals surface area contributed by atoms with Crippen LogP contribution in [0.3, 0.4) is 0 Å². The zero-order valence-corrected chi connectivity index (χ0v) is 13.1. The monoisotopic (exact) mass is 301 g/mol. The lowest BCUT2D eigenvalue weighted by Gasteiger charge is -2.31. The van der Waals surface area contributed by atoms with Crippen molar-refractivity contribution in [2.45, 2.75) is 33.2 Å². The summed E-state index contributed by atoms with van der Waals surface area (Å²) >= 11 is 5.77. The molecule has 0 spiro atoms. The molecule has 1 N–H and O–H groups in total. The van der Waals surface area contributed by atoms with Crippen LogP contribution in [0, 0.1) is 11.2 Å². The molecule has 1 amide bonds. The molecule has 1 atom stereocenters. The molecule has 0 heterocycles. The number of amides is 1. The van der Waals surface area contributed by atoms with E-state index in [0.717, 1.165) is 0 Å². The number of hydrogen-bond donors (Lipinski definition) is 1. The van der Waals surface area contributed by atoms with Crippen LogP contribution in [0.5, 0.6) is 5.75 Å². The molecule has 1 aromatic carbocycles. The topological polar surface area (TPSA) is 38.3 Å². The summed E-state index contributed by atoms with van der Waals surface area (Å²) in [5, 5.41) is 2.91. The summed E-state index contributed by atoms with van der Waals surface area (Å²) in [5.41, 5.74) is 0.155. The fourth-order valence-corrected chi connectivity index (χ4v) is 2.10. The predicted molar refractivity (Wildman–Crippen MR) is 79.0 cm³/mol. The number of hydrogen-bond acceptors (Lipinski definition) is 2. The van der Waals surface area contributed by atoms with Gasteiger partial charge in [-0.1, -0.05) is 20.8 Å². The molecule has 0 aliphatic rings. The van der Waals surface area contributed by atoms with Crippen LogP contribution in [0.2, 0.25) is 0 Å². The Morgan fingerprint density at radius 1 is 1.45 bits per heavy atom. The Balaban J connectivity index is 2.86. The van der Waals surface area contributed by atoms with Crippen LogP contribution in [0.1, 0.15) is 37.6 Å². The van der Waals surface area contributed by atoms with Crippen molar-refractivity contribution in [3.05, 3.63) is 29.6 Å². The molecule has 0 radical (unpaired) electrons. The summed E-state index contributed by atoms with van der Waals surface area (Å²) in [6, 6.07) is 4.09. The van der Waals surface area contributed by atoms with Crippen molar-refractivity contribution in [2.75, 3.05) is 13.0 Å². The Labute approximate surface area is 124 Å². The first-order chi connectivity index (χ1) is 9.29. The van der Waals surface area contributed by atoms with E-state index in [-0.39, 0.29) is 28.7 Å². The third-order valence-corrected chi connectivity index (χ3v) is 3.38. The van der Waals surface area contributed by atoms with E-state index >= 15 is 0 Å². The number of ether oxygens (including phenoxy) is 1. The maximum atomic E-state index is 13.6. The zero-order chi connectivity index (χ0) is 15.3. The van der Waals surface area contributed by atoms with Crippen molar-refractivity contribution in [3.63, 3.8) is 0 Å². The molecule has 0 aromatic heterocycles. The van der Waals surface area contributed by atoms with Gasteiger partial charge in [-0.2, -0.15) is 0 Å². The second-order valence-corrected chi connectivity index (χ2v) is 6.10. The zero-order valence-electron chi connectivity index (χ0n) is 12.3. The van der Waals surface area contributed by atoms with Crippen LogP contribution < -0.4 is 10.1 Å². The second kappa shape index (κ2) is 6.93. The minimum atomic E-state index is -0.551. The molecule has 0 fully saturated rings. The van der Waals surface area contributed by atoms with E-state index in [2.05, 4.69) is 5.32 Å². The van der Waals surface area contributed by atoms with Crippen LogP contribution in [0.25, 0.3) is 0 Å². The number of carbonyl (C=O) groups excluding carboxylic acids is 1. The fraction of sp³-hybridized carbons (Fsp3) is 0.533. The molecule has 0 aliphatic heterocycles. The van der Waals surface area contributed by atoms with Gasteiger partial charge < -0.3 is 10.1 Å². The largest absolute Gasteiger partial charge is 0.494 e. The van der Waals surface area contributed by atoms with Crippen molar-refractivity contribution in [3.8, 4) is 5.75 Å². The average molecular weight is 302 g/mol. The minimum Gasteiger partial charge on any atom is -0.494 e. The van der Waals surface area contributed by atoms with Gasteiger partial charge in [0, 0.05) is 17.5 Å². The third-order valence-electron chi connectivity index (χ3n) is 3.16. The molecule has 1 unspecified atom stereocenters. The molecule has 5 heteroatoms. The van der Waals surface area contributed by atoms with Crippen LogP contribution in [-0.2, 0) is 0 Å². The maximum absolute atomic E-state index is 13.6. The van der Waals surface area contributed by atoms with Gasteiger partial charge >= 0.3 is 0 Å². The van der Waals surface area contributed by atoms with Crippen LogP contribution >= 0.6 is 11.6 Å². The molecule has 0 aliphatic carbocycles. The smallest absolute Gasteiger partial charge is 0.251 e. The fourth-order valence-electron chi connectivity index (χ4n) is 1.88. The Kier molecular flexibility index (Phi) is 5.81. The van der Waals surface area contributed by atoms with Crippen molar-refractivity contribution in [2.24, 2.45) is 5.41 Å². The highest BCUT2D eigenvalue weighted by Crippen LogP contribution is 2.23. The normalized spacial score (nSPS) is 12.9. The first-order valence-corrected chi connectivity index (χ1v) is 7.03. The summed E-state index contributed by atoms with van der Waals surface area (Å²) in [5.74, 6) is -0.282. The van der Waals surface area contributed by atoms with Gasteiger partial charge in [-0.25, -0.2) is 4.39 Å². The maximum Gasteiger partial charge on any atom is 0.251 e. The van der Waals surface area contributed by atoms with Gasteiger partial charge in [-0.05, 0) is 30.0 Å². The van der Waals surface area contributed by atoms with Gasteiger partial charge in [0.1, 0.15) is 0 Å². The number of halogens is 2. The van der Waals surface area contributed by atoms with E-state index in [4.69, 9.17) is 16.3 Å². The lowest BCUT2D eigenvalue weighted by atomic mass is 9.85. The molecule has 112 valence electrons. The predicted octanol–water partition coefficient (Wildman–Crippen LogP) is 3.61. The van der Waals surface area contributed by atoms with Crippen LogP contribution in [-0.4, -0.2) is 24.9 Å². The van der Waals surface area contributed by atoms with Crippen molar-refractivity contribution >= 4 is 17.5 Å². The summed E-state index contributed by atoms with van der Waals surface area (Å²) in [4.78, 5) is 12.2. The number of carbonyl (C=O) groups is 1. The molecule has 0 saturated heterocycles. The SMILES string of the molecule is COc1ccc(C(=O)NC(CCCl)C(C)(C)C)cc1F. The summed E-state index contributed by atoms with van der Waals surface area (Å²) in [6.07, 6.45) is 0.662. The first-order valence-electron chi connectivity index (χ1n) is 6.50. The highest BCUT2D eigenvalue weighted by molar-refractivity contribution is 6.17. The number of rotatable bonds is 5. The quantitative estimate of drug-likeness (QED) is 0.844.